The molecule has 0 fully saturated rings. The lowest BCUT2D eigenvalue weighted by Gasteiger charge is -2.36. The summed E-state index contributed by atoms with van der Waals surface area (Å²) in [5.41, 5.74) is 2.82. The van der Waals surface area contributed by atoms with Gasteiger partial charge in [0, 0.05) is 23.9 Å². The van der Waals surface area contributed by atoms with Gasteiger partial charge in [0.2, 0.25) is 5.75 Å². The van der Waals surface area contributed by atoms with Crippen molar-refractivity contribution in [3.8, 4) is 17.2 Å². The van der Waals surface area contributed by atoms with E-state index in [-0.39, 0.29) is 5.78 Å². The van der Waals surface area contributed by atoms with E-state index in [1.54, 1.807) is 14.2 Å². The molecule has 1 N–H and O–H groups in total. The number of nitrogens with zero attached hydrogens (tertiary/aromatic N) is 1. The van der Waals surface area contributed by atoms with Gasteiger partial charge >= 0.3 is 0 Å². The highest BCUT2D eigenvalue weighted by atomic mass is 32.1. The quantitative estimate of drug-likeness (QED) is 0.528. The maximum absolute atomic E-state index is 13.5. The summed E-state index contributed by atoms with van der Waals surface area (Å²) in [6, 6.07) is 12.5. The van der Waals surface area contributed by atoms with Gasteiger partial charge in [0.15, 0.2) is 22.4 Å². The second kappa shape index (κ2) is 9.17. The molecule has 0 spiro atoms. The fourth-order valence-corrected chi connectivity index (χ4v) is 3.73. The first-order chi connectivity index (χ1) is 14.4. The second-order valence-corrected chi connectivity index (χ2v) is 7.21. The number of benzene rings is 2. The molecule has 2 aromatic carbocycles. The summed E-state index contributed by atoms with van der Waals surface area (Å²) in [5.74, 6) is 1.52. The Bertz CT molecular complexity index is 963. The van der Waals surface area contributed by atoms with Gasteiger partial charge in [-0.2, -0.15) is 0 Å². The van der Waals surface area contributed by atoms with Crippen LogP contribution >= 0.6 is 12.2 Å². The first kappa shape index (κ1) is 21.6. The van der Waals surface area contributed by atoms with Gasteiger partial charge in [-0.05, 0) is 43.8 Å². The van der Waals surface area contributed by atoms with Crippen LogP contribution in [0.5, 0.6) is 17.2 Å². The Labute approximate surface area is 182 Å². The van der Waals surface area contributed by atoms with E-state index in [1.807, 2.05) is 68.3 Å². The molecule has 0 aliphatic carbocycles. The van der Waals surface area contributed by atoms with E-state index in [2.05, 4.69) is 5.32 Å². The van der Waals surface area contributed by atoms with Crippen molar-refractivity contribution in [3.05, 3.63) is 64.9 Å². The van der Waals surface area contributed by atoms with Crippen molar-refractivity contribution in [3.63, 3.8) is 0 Å². The van der Waals surface area contributed by atoms with Crippen molar-refractivity contribution < 1.29 is 19.0 Å². The van der Waals surface area contributed by atoms with Crippen LogP contribution in [0.4, 0.5) is 0 Å². The molecular formula is C23H26N2O4S. The topological polar surface area (TPSA) is 60.0 Å². The van der Waals surface area contributed by atoms with Crippen molar-refractivity contribution in [2.24, 2.45) is 0 Å². The van der Waals surface area contributed by atoms with Gasteiger partial charge < -0.3 is 24.4 Å². The number of methoxy groups -OCH3 is 2. The van der Waals surface area contributed by atoms with Crippen molar-refractivity contribution in [1.29, 1.82) is 0 Å². The molecule has 0 bridgehead atoms. The number of ketones is 1. The number of thiocarbonyl (C=S) groups is 1. The van der Waals surface area contributed by atoms with Crippen LogP contribution in [0.3, 0.4) is 0 Å². The number of Topliss-reactive ketones (excluding diaryl/α,β-unsaturated/α-hetero) is 1. The average molecular weight is 427 g/mol. The molecule has 6 nitrogen and oxygen atoms in total. The maximum Gasteiger partial charge on any atom is 0.203 e. The zero-order valence-corrected chi connectivity index (χ0v) is 18.6. The van der Waals surface area contributed by atoms with Crippen LogP contribution in [-0.4, -0.2) is 43.7 Å². The van der Waals surface area contributed by atoms with E-state index in [1.165, 1.54) is 0 Å². The number of carbonyl (C=O) groups is 1. The van der Waals surface area contributed by atoms with Crippen molar-refractivity contribution >= 4 is 23.1 Å². The second-order valence-electron chi connectivity index (χ2n) is 6.82. The first-order valence-corrected chi connectivity index (χ1v) is 10.1. The third-order valence-electron chi connectivity index (χ3n) is 5.14. The van der Waals surface area contributed by atoms with Crippen molar-refractivity contribution in [1.82, 2.24) is 10.2 Å². The zero-order valence-electron chi connectivity index (χ0n) is 17.8. The minimum Gasteiger partial charge on any atom is -0.493 e. The van der Waals surface area contributed by atoms with E-state index in [9.17, 15) is 4.79 Å². The predicted molar refractivity (Wildman–Crippen MR) is 120 cm³/mol. The molecule has 1 aliphatic rings. The Morgan fingerprint density at radius 1 is 1.13 bits per heavy atom. The van der Waals surface area contributed by atoms with Crippen LogP contribution in [0.2, 0.25) is 0 Å². The molecule has 3 rings (SSSR count). The number of nitrogens with one attached hydrogen (secondary N) is 1. The molecule has 158 valence electrons. The molecule has 7 heteroatoms. The SMILES string of the molecule is CCOc1c(OC)cc(C2NC(=S)N(C)C(C)=C2C(=O)c2ccccc2)cc1OC. The van der Waals surface area contributed by atoms with Gasteiger partial charge in [-0.15, -0.1) is 0 Å². The predicted octanol–water partition coefficient (Wildman–Crippen LogP) is 4.12. The molecule has 1 aliphatic heterocycles. The molecule has 30 heavy (non-hydrogen) atoms. The van der Waals surface area contributed by atoms with Crippen LogP contribution in [0.15, 0.2) is 53.7 Å². The summed E-state index contributed by atoms with van der Waals surface area (Å²) in [5, 5.41) is 3.83. The molecule has 1 unspecified atom stereocenters. The Kier molecular flexibility index (Phi) is 6.62. The lowest BCUT2D eigenvalue weighted by molar-refractivity contribution is 0.102. The Hall–Kier alpha value is -3.06. The summed E-state index contributed by atoms with van der Waals surface area (Å²) < 4.78 is 16.8. The van der Waals surface area contributed by atoms with Gasteiger partial charge in [-0.3, -0.25) is 4.79 Å². The number of ether oxygens (including phenoxy) is 3. The van der Waals surface area contributed by atoms with Crippen LogP contribution in [0.1, 0.15) is 35.8 Å². The lowest BCUT2D eigenvalue weighted by atomic mass is 9.89. The lowest BCUT2D eigenvalue weighted by Crippen LogP contribution is -2.45. The molecule has 2 aromatic rings. The number of carbonyl (C=O) groups excluding carboxylic acids is 1. The third kappa shape index (κ3) is 3.98. The van der Waals surface area contributed by atoms with E-state index in [0.717, 1.165) is 11.3 Å². The molecule has 1 heterocycles. The number of hydrogen-bond donors (Lipinski definition) is 1. The number of hydrogen-bond acceptors (Lipinski definition) is 5. The van der Waals surface area contributed by atoms with E-state index in [4.69, 9.17) is 26.4 Å². The minimum atomic E-state index is -0.458. The maximum atomic E-state index is 13.5. The standard InChI is InChI=1S/C23H26N2O4S/c1-6-29-22-17(27-4)12-16(13-18(22)28-5)20-19(14(2)25(3)23(30)24-20)21(26)15-10-8-7-9-11-15/h7-13,20H,6H2,1-5H3,(H,24,30). The first-order valence-electron chi connectivity index (χ1n) is 9.66. The van der Waals surface area contributed by atoms with E-state index in [0.29, 0.717) is 40.1 Å². The zero-order chi connectivity index (χ0) is 21.8. The Morgan fingerprint density at radius 3 is 2.27 bits per heavy atom. The average Bonchev–Trinajstić information content (AvgIpc) is 2.77. The number of rotatable bonds is 7. The van der Waals surface area contributed by atoms with E-state index < -0.39 is 6.04 Å². The third-order valence-corrected chi connectivity index (χ3v) is 5.53. The molecule has 0 saturated heterocycles. The normalized spacial score (nSPS) is 16.2. The molecular weight excluding hydrogens is 400 g/mol. The molecule has 1 atom stereocenters. The van der Waals surface area contributed by atoms with Gasteiger partial charge in [-0.1, -0.05) is 30.3 Å². The highest BCUT2D eigenvalue weighted by molar-refractivity contribution is 7.80. The fourth-order valence-electron chi connectivity index (χ4n) is 3.48. The largest absolute Gasteiger partial charge is 0.493 e. The van der Waals surface area contributed by atoms with Crippen LogP contribution in [0, 0.1) is 0 Å². The monoisotopic (exact) mass is 426 g/mol. The van der Waals surface area contributed by atoms with Crippen molar-refractivity contribution in [2.45, 2.75) is 19.9 Å². The summed E-state index contributed by atoms with van der Waals surface area (Å²) in [7, 11) is 4.99. The summed E-state index contributed by atoms with van der Waals surface area (Å²) in [6.07, 6.45) is 0. The molecule has 0 aromatic heterocycles. The number of allylic oxidation sites excluding steroid dienone is 1. The van der Waals surface area contributed by atoms with Gasteiger partial charge in [0.25, 0.3) is 0 Å². The summed E-state index contributed by atoms with van der Waals surface area (Å²) >= 11 is 5.51. The molecule has 0 amide bonds. The Morgan fingerprint density at radius 2 is 1.73 bits per heavy atom. The van der Waals surface area contributed by atoms with Gasteiger partial charge in [-0.25, -0.2) is 0 Å². The van der Waals surface area contributed by atoms with Gasteiger partial charge in [0.05, 0.1) is 26.9 Å². The van der Waals surface area contributed by atoms with Crippen LogP contribution in [-0.2, 0) is 0 Å². The Balaban J connectivity index is 2.17. The van der Waals surface area contributed by atoms with E-state index >= 15 is 0 Å². The van der Waals surface area contributed by atoms with Crippen LogP contribution in [0.25, 0.3) is 0 Å². The molecule has 0 saturated carbocycles. The minimum absolute atomic E-state index is 0.0632. The smallest absolute Gasteiger partial charge is 0.203 e. The van der Waals surface area contributed by atoms with Crippen LogP contribution < -0.4 is 19.5 Å². The van der Waals surface area contributed by atoms with Gasteiger partial charge in [0.1, 0.15) is 0 Å². The molecule has 0 radical (unpaired) electrons. The summed E-state index contributed by atoms with van der Waals surface area (Å²) in [6.45, 7) is 4.27. The highest BCUT2D eigenvalue weighted by Crippen LogP contribution is 2.42. The fraction of sp³-hybridized carbons (Fsp3) is 0.304. The summed E-state index contributed by atoms with van der Waals surface area (Å²) in [4.78, 5) is 15.3. The van der Waals surface area contributed by atoms with Crippen molar-refractivity contribution in [2.75, 3.05) is 27.9 Å². The highest BCUT2D eigenvalue weighted by Gasteiger charge is 2.34.